The Labute approximate surface area is 122 Å². The van der Waals surface area contributed by atoms with E-state index in [2.05, 4.69) is 31.2 Å². The Morgan fingerprint density at radius 2 is 2.05 bits per heavy atom. The van der Waals surface area contributed by atoms with Crippen LogP contribution in [0.2, 0.25) is 0 Å². The van der Waals surface area contributed by atoms with Crippen molar-refractivity contribution in [2.45, 2.75) is 19.6 Å². The number of anilines is 1. The van der Waals surface area contributed by atoms with Crippen LogP contribution >= 0.6 is 15.9 Å². The van der Waals surface area contributed by atoms with E-state index in [0.29, 0.717) is 5.82 Å². The maximum atomic E-state index is 12.8. The van der Waals surface area contributed by atoms with Crippen LogP contribution in [0.5, 0.6) is 0 Å². The lowest BCUT2D eigenvalue weighted by Gasteiger charge is -2.13. The molecule has 20 heavy (non-hydrogen) atoms. The van der Waals surface area contributed by atoms with Crippen molar-refractivity contribution in [3.05, 3.63) is 51.9 Å². The van der Waals surface area contributed by atoms with Crippen LogP contribution in [0.25, 0.3) is 0 Å². The monoisotopic (exact) mass is 345 g/mol. The molecule has 2 rings (SSSR count). The van der Waals surface area contributed by atoms with E-state index in [1.54, 1.807) is 6.20 Å². The highest BCUT2D eigenvalue weighted by Crippen LogP contribution is 2.31. The van der Waals surface area contributed by atoms with E-state index in [1.807, 2.05) is 13.0 Å². The predicted octanol–water partition coefficient (Wildman–Crippen LogP) is 4.18. The SMILES string of the molecule is Cc1cc(Br)cnc1NCc1cnccc1C(F)(F)F. The summed E-state index contributed by atoms with van der Waals surface area (Å²) in [6.45, 7) is 1.84. The number of pyridine rings is 2. The van der Waals surface area contributed by atoms with Crippen molar-refractivity contribution in [2.24, 2.45) is 0 Å². The van der Waals surface area contributed by atoms with E-state index in [9.17, 15) is 13.2 Å². The first-order valence-electron chi connectivity index (χ1n) is 5.74. The maximum absolute atomic E-state index is 12.8. The van der Waals surface area contributed by atoms with Crippen molar-refractivity contribution < 1.29 is 13.2 Å². The Balaban J connectivity index is 2.19. The van der Waals surface area contributed by atoms with Crippen molar-refractivity contribution in [3.8, 4) is 0 Å². The fourth-order valence-electron chi connectivity index (χ4n) is 1.75. The van der Waals surface area contributed by atoms with Crippen LogP contribution in [-0.4, -0.2) is 9.97 Å². The van der Waals surface area contributed by atoms with Crippen molar-refractivity contribution in [3.63, 3.8) is 0 Å². The normalized spacial score (nSPS) is 11.4. The second kappa shape index (κ2) is 5.78. The molecule has 0 amide bonds. The Bertz CT molecular complexity index is 614. The fraction of sp³-hybridized carbons (Fsp3) is 0.231. The van der Waals surface area contributed by atoms with E-state index in [0.717, 1.165) is 22.3 Å². The summed E-state index contributed by atoms with van der Waals surface area (Å²) in [5, 5.41) is 2.90. The molecule has 0 saturated heterocycles. The van der Waals surface area contributed by atoms with E-state index < -0.39 is 11.7 Å². The van der Waals surface area contributed by atoms with Gasteiger partial charge in [-0.25, -0.2) is 4.98 Å². The van der Waals surface area contributed by atoms with Gasteiger partial charge in [0.2, 0.25) is 0 Å². The van der Waals surface area contributed by atoms with E-state index in [4.69, 9.17) is 0 Å². The average molecular weight is 346 g/mol. The number of rotatable bonds is 3. The van der Waals surface area contributed by atoms with Gasteiger partial charge in [0.05, 0.1) is 5.56 Å². The average Bonchev–Trinajstić information content (AvgIpc) is 2.37. The molecule has 2 aromatic rings. The summed E-state index contributed by atoms with van der Waals surface area (Å²) < 4.78 is 39.3. The third-order valence-electron chi connectivity index (χ3n) is 2.70. The van der Waals surface area contributed by atoms with Crippen molar-refractivity contribution in [1.82, 2.24) is 9.97 Å². The molecule has 7 heteroatoms. The summed E-state index contributed by atoms with van der Waals surface area (Å²) >= 11 is 3.28. The molecule has 0 spiro atoms. The quantitative estimate of drug-likeness (QED) is 0.906. The topological polar surface area (TPSA) is 37.8 Å². The highest BCUT2D eigenvalue weighted by Gasteiger charge is 2.33. The zero-order valence-corrected chi connectivity index (χ0v) is 12.1. The van der Waals surface area contributed by atoms with Crippen LogP contribution in [0.15, 0.2) is 35.2 Å². The van der Waals surface area contributed by atoms with Crippen molar-refractivity contribution >= 4 is 21.7 Å². The lowest BCUT2D eigenvalue weighted by molar-refractivity contribution is -0.138. The molecule has 0 unspecified atom stereocenters. The lowest BCUT2D eigenvalue weighted by atomic mass is 10.1. The Morgan fingerprint density at radius 1 is 1.30 bits per heavy atom. The summed E-state index contributed by atoms with van der Waals surface area (Å²) in [6.07, 6.45) is -0.454. The van der Waals surface area contributed by atoms with Crippen LogP contribution < -0.4 is 5.32 Å². The summed E-state index contributed by atoms with van der Waals surface area (Å²) in [5.41, 5.74) is 0.246. The Kier molecular flexibility index (Phi) is 4.27. The second-order valence-corrected chi connectivity index (χ2v) is 5.12. The molecular weight excluding hydrogens is 335 g/mol. The minimum atomic E-state index is -4.39. The van der Waals surface area contributed by atoms with Crippen molar-refractivity contribution in [2.75, 3.05) is 5.32 Å². The van der Waals surface area contributed by atoms with Crippen LogP contribution in [0.4, 0.5) is 19.0 Å². The number of hydrogen-bond acceptors (Lipinski definition) is 3. The molecule has 2 heterocycles. The Hall–Kier alpha value is -1.63. The van der Waals surface area contributed by atoms with Gasteiger partial charge in [-0.3, -0.25) is 4.98 Å². The van der Waals surface area contributed by atoms with Gasteiger partial charge >= 0.3 is 6.18 Å². The van der Waals surface area contributed by atoms with Gasteiger partial charge in [-0.05, 0) is 40.5 Å². The molecule has 0 aromatic carbocycles. The molecule has 0 bridgehead atoms. The molecule has 3 nitrogen and oxygen atoms in total. The van der Waals surface area contributed by atoms with Gasteiger partial charge in [0, 0.05) is 35.2 Å². The first kappa shape index (κ1) is 14.8. The molecule has 0 atom stereocenters. The smallest absolute Gasteiger partial charge is 0.366 e. The highest BCUT2D eigenvalue weighted by atomic mass is 79.9. The first-order valence-corrected chi connectivity index (χ1v) is 6.53. The first-order chi connectivity index (χ1) is 9.38. The number of aryl methyl sites for hydroxylation is 1. The van der Waals surface area contributed by atoms with Crippen LogP contribution in [0, 0.1) is 6.92 Å². The number of aromatic nitrogens is 2. The van der Waals surface area contributed by atoms with E-state index in [1.165, 1.54) is 6.20 Å². The van der Waals surface area contributed by atoms with Gasteiger partial charge in [-0.1, -0.05) is 0 Å². The number of nitrogens with zero attached hydrogens (tertiary/aromatic N) is 2. The van der Waals surface area contributed by atoms with Gasteiger partial charge in [0.25, 0.3) is 0 Å². The molecule has 0 aliphatic heterocycles. The molecule has 1 N–H and O–H groups in total. The molecule has 106 valence electrons. The minimum Gasteiger partial charge on any atom is -0.366 e. The minimum absolute atomic E-state index is 0.0121. The number of nitrogens with one attached hydrogen (secondary N) is 1. The van der Waals surface area contributed by atoms with Crippen LogP contribution in [0.3, 0.4) is 0 Å². The van der Waals surface area contributed by atoms with Gasteiger partial charge in [-0.2, -0.15) is 13.2 Å². The summed E-state index contributed by atoms with van der Waals surface area (Å²) in [7, 11) is 0. The molecular formula is C13H11BrF3N3. The summed E-state index contributed by atoms with van der Waals surface area (Å²) in [4.78, 5) is 7.86. The molecule has 0 radical (unpaired) electrons. The number of alkyl halides is 3. The third-order valence-corrected chi connectivity index (χ3v) is 3.13. The summed E-state index contributed by atoms with van der Waals surface area (Å²) in [6, 6.07) is 2.81. The third kappa shape index (κ3) is 3.47. The molecule has 2 aromatic heterocycles. The van der Waals surface area contributed by atoms with Gasteiger partial charge in [-0.15, -0.1) is 0 Å². The maximum Gasteiger partial charge on any atom is 0.416 e. The Morgan fingerprint density at radius 3 is 2.70 bits per heavy atom. The van der Waals surface area contributed by atoms with Gasteiger partial charge in [0.15, 0.2) is 0 Å². The highest BCUT2D eigenvalue weighted by molar-refractivity contribution is 9.10. The second-order valence-electron chi connectivity index (χ2n) is 4.20. The lowest BCUT2D eigenvalue weighted by Crippen LogP contribution is -2.13. The molecule has 0 saturated carbocycles. The predicted molar refractivity (Wildman–Crippen MR) is 73.2 cm³/mol. The van der Waals surface area contributed by atoms with E-state index in [-0.39, 0.29) is 12.1 Å². The standard InChI is InChI=1S/C13H11BrF3N3/c1-8-4-10(14)7-20-12(8)19-6-9-5-18-3-2-11(9)13(15,16)17/h2-5,7H,6H2,1H3,(H,19,20). The zero-order valence-electron chi connectivity index (χ0n) is 10.5. The van der Waals surface area contributed by atoms with Crippen molar-refractivity contribution in [1.29, 1.82) is 0 Å². The molecule has 0 aliphatic rings. The van der Waals surface area contributed by atoms with Gasteiger partial charge < -0.3 is 5.32 Å². The molecule has 0 fully saturated rings. The van der Waals surface area contributed by atoms with E-state index >= 15 is 0 Å². The number of halogens is 4. The fourth-order valence-corrected chi connectivity index (χ4v) is 2.19. The van der Waals surface area contributed by atoms with Crippen LogP contribution in [0.1, 0.15) is 16.7 Å². The largest absolute Gasteiger partial charge is 0.416 e. The zero-order chi connectivity index (χ0) is 14.8. The number of hydrogen-bond donors (Lipinski definition) is 1. The molecule has 0 aliphatic carbocycles. The van der Waals surface area contributed by atoms with Gasteiger partial charge in [0.1, 0.15) is 5.82 Å². The summed E-state index contributed by atoms with van der Waals surface area (Å²) in [5.74, 6) is 0.546. The van der Waals surface area contributed by atoms with Crippen LogP contribution in [-0.2, 0) is 12.7 Å².